The first-order valence-corrected chi connectivity index (χ1v) is 5.27. The van der Waals surface area contributed by atoms with Gasteiger partial charge in [-0.05, 0) is 13.0 Å². The Bertz CT molecular complexity index is 494. The molecule has 1 nitrogen and oxygen atoms in total. The normalized spacial score (nSPS) is 11.2. The molecule has 0 radical (unpaired) electrons. The third-order valence-electron chi connectivity index (χ3n) is 2.13. The summed E-state index contributed by atoms with van der Waals surface area (Å²) in [6.45, 7) is 5.70. The van der Waals surface area contributed by atoms with E-state index in [1.54, 1.807) is 17.5 Å². The average Bonchev–Trinajstić information content (AvgIpc) is 2.51. The number of aliphatic imine (C=N–C) groups is 1. The molecule has 1 heterocycles. The van der Waals surface area contributed by atoms with E-state index in [0.717, 1.165) is 0 Å². The zero-order chi connectivity index (χ0) is 9.97. The summed E-state index contributed by atoms with van der Waals surface area (Å²) in [5.41, 5.74) is 1.21. The van der Waals surface area contributed by atoms with Crippen LogP contribution >= 0.6 is 11.3 Å². The van der Waals surface area contributed by atoms with Crippen molar-refractivity contribution in [2.45, 2.75) is 6.92 Å². The molecule has 0 unspecified atom stereocenters. The summed E-state index contributed by atoms with van der Waals surface area (Å²) in [6.07, 6.45) is 3.44. The van der Waals surface area contributed by atoms with E-state index in [2.05, 4.69) is 42.8 Å². The zero-order valence-corrected chi connectivity index (χ0v) is 8.84. The lowest BCUT2D eigenvalue weighted by Crippen LogP contribution is -1.79. The summed E-state index contributed by atoms with van der Waals surface area (Å²) in [5, 5.41) is 1.28. The van der Waals surface area contributed by atoms with Gasteiger partial charge in [-0.2, -0.15) is 0 Å². The fourth-order valence-electron chi connectivity index (χ4n) is 1.48. The first kappa shape index (κ1) is 9.16. The lowest BCUT2D eigenvalue weighted by atomic mass is 10.1. The second kappa shape index (κ2) is 3.76. The first-order chi connectivity index (χ1) is 6.83. The maximum atomic E-state index is 4.07. The predicted molar refractivity (Wildman–Crippen MR) is 64.4 cm³/mol. The highest BCUT2D eigenvalue weighted by molar-refractivity contribution is 7.19. The maximum absolute atomic E-state index is 4.07. The highest BCUT2D eigenvalue weighted by Gasteiger charge is 2.04. The monoisotopic (exact) mass is 201 g/mol. The van der Waals surface area contributed by atoms with E-state index in [0.29, 0.717) is 0 Å². The molecule has 0 aliphatic rings. The van der Waals surface area contributed by atoms with Gasteiger partial charge in [0.2, 0.25) is 0 Å². The molecule has 2 aromatic rings. The minimum atomic E-state index is 1.21. The van der Waals surface area contributed by atoms with Gasteiger partial charge in [0.25, 0.3) is 0 Å². The Morgan fingerprint density at radius 1 is 1.36 bits per heavy atom. The van der Waals surface area contributed by atoms with E-state index in [9.17, 15) is 0 Å². The van der Waals surface area contributed by atoms with Gasteiger partial charge in [0.15, 0.2) is 0 Å². The molecule has 14 heavy (non-hydrogen) atoms. The zero-order valence-electron chi connectivity index (χ0n) is 8.03. The molecule has 0 atom stereocenters. The number of thiophene rings is 1. The van der Waals surface area contributed by atoms with E-state index in [-0.39, 0.29) is 0 Å². The van der Waals surface area contributed by atoms with Gasteiger partial charge in [-0.25, -0.2) is 0 Å². The lowest BCUT2D eigenvalue weighted by Gasteiger charge is -1.90. The standard InChI is InChI=1S/C12H11NS/c1-3-13-8-11-9(2)14-12-7-5-4-6-10(11)12/h3-8H,1H2,2H3/b13-8-. The number of hydrogen-bond acceptors (Lipinski definition) is 2. The molecule has 2 heteroatoms. The van der Waals surface area contributed by atoms with E-state index in [1.165, 1.54) is 20.5 Å². The van der Waals surface area contributed by atoms with Crippen LogP contribution in [0.15, 0.2) is 42.0 Å². The molecule has 2 rings (SSSR count). The third kappa shape index (κ3) is 1.49. The van der Waals surface area contributed by atoms with E-state index >= 15 is 0 Å². The smallest absolute Gasteiger partial charge is 0.0357 e. The van der Waals surface area contributed by atoms with Gasteiger partial charge in [-0.1, -0.05) is 24.8 Å². The molecule has 0 spiro atoms. The van der Waals surface area contributed by atoms with Crippen molar-refractivity contribution in [3.05, 3.63) is 47.5 Å². The van der Waals surface area contributed by atoms with Crippen LogP contribution in [-0.2, 0) is 0 Å². The van der Waals surface area contributed by atoms with Crippen LogP contribution in [0, 0.1) is 6.92 Å². The fourth-order valence-corrected chi connectivity index (χ4v) is 2.51. The summed E-state index contributed by atoms with van der Waals surface area (Å²) in [4.78, 5) is 5.37. The summed E-state index contributed by atoms with van der Waals surface area (Å²) in [7, 11) is 0. The van der Waals surface area contributed by atoms with Crippen molar-refractivity contribution in [1.29, 1.82) is 0 Å². The first-order valence-electron chi connectivity index (χ1n) is 4.45. The van der Waals surface area contributed by atoms with Gasteiger partial charge in [-0.15, -0.1) is 11.3 Å². The SMILES string of the molecule is C=C/N=C\c1c(C)sc2ccccc12. The van der Waals surface area contributed by atoms with Gasteiger partial charge >= 0.3 is 0 Å². The van der Waals surface area contributed by atoms with Gasteiger partial charge in [0, 0.05) is 32.9 Å². The molecule has 0 saturated carbocycles. The number of benzene rings is 1. The molecule has 0 aliphatic heterocycles. The second-order valence-electron chi connectivity index (χ2n) is 3.03. The van der Waals surface area contributed by atoms with Crippen molar-refractivity contribution in [2.75, 3.05) is 0 Å². The lowest BCUT2D eigenvalue weighted by molar-refractivity contribution is 1.57. The molecule has 0 bridgehead atoms. The van der Waals surface area contributed by atoms with Crippen molar-refractivity contribution in [2.24, 2.45) is 4.99 Å². The molecule has 0 N–H and O–H groups in total. The summed E-state index contributed by atoms with van der Waals surface area (Å²) in [6, 6.07) is 8.38. The highest BCUT2D eigenvalue weighted by atomic mass is 32.1. The topological polar surface area (TPSA) is 12.4 Å². The third-order valence-corrected chi connectivity index (χ3v) is 3.23. The Balaban J connectivity index is 2.67. The van der Waals surface area contributed by atoms with Crippen molar-refractivity contribution in [3.8, 4) is 0 Å². The van der Waals surface area contributed by atoms with Crippen molar-refractivity contribution >= 4 is 27.6 Å². The van der Waals surface area contributed by atoms with Gasteiger partial charge in [-0.3, -0.25) is 4.99 Å². The minimum Gasteiger partial charge on any atom is -0.265 e. The molecule has 0 amide bonds. The molecular formula is C12H11NS. The van der Waals surface area contributed by atoms with Crippen LogP contribution in [0.25, 0.3) is 10.1 Å². The maximum Gasteiger partial charge on any atom is 0.0357 e. The summed E-state index contributed by atoms with van der Waals surface area (Å²) in [5.74, 6) is 0. The van der Waals surface area contributed by atoms with Crippen LogP contribution in [0.5, 0.6) is 0 Å². The predicted octanol–water partition coefficient (Wildman–Crippen LogP) is 3.77. The quantitative estimate of drug-likeness (QED) is 0.656. The Morgan fingerprint density at radius 2 is 2.14 bits per heavy atom. The Morgan fingerprint density at radius 3 is 2.93 bits per heavy atom. The van der Waals surface area contributed by atoms with Crippen LogP contribution in [0.2, 0.25) is 0 Å². The van der Waals surface area contributed by atoms with E-state index in [1.807, 2.05) is 6.21 Å². The molecule has 0 saturated heterocycles. The number of hydrogen-bond donors (Lipinski definition) is 0. The van der Waals surface area contributed by atoms with Gasteiger partial charge in [0.1, 0.15) is 0 Å². The van der Waals surface area contributed by atoms with Crippen LogP contribution in [0.3, 0.4) is 0 Å². The molecule has 1 aromatic carbocycles. The highest BCUT2D eigenvalue weighted by Crippen LogP contribution is 2.29. The van der Waals surface area contributed by atoms with Crippen molar-refractivity contribution in [3.63, 3.8) is 0 Å². The van der Waals surface area contributed by atoms with Crippen LogP contribution in [0.4, 0.5) is 0 Å². The van der Waals surface area contributed by atoms with Crippen LogP contribution in [0.1, 0.15) is 10.4 Å². The van der Waals surface area contributed by atoms with E-state index < -0.39 is 0 Å². The van der Waals surface area contributed by atoms with Crippen LogP contribution in [-0.4, -0.2) is 6.21 Å². The second-order valence-corrected chi connectivity index (χ2v) is 4.29. The van der Waals surface area contributed by atoms with Crippen molar-refractivity contribution < 1.29 is 0 Å². The average molecular weight is 201 g/mol. The Labute approximate surface area is 87.4 Å². The summed E-state index contributed by atoms with van der Waals surface area (Å²) < 4.78 is 1.32. The van der Waals surface area contributed by atoms with Gasteiger partial charge in [0.05, 0.1) is 0 Å². The number of nitrogens with zero attached hydrogens (tertiary/aromatic N) is 1. The molecule has 0 aliphatic carbocycles. The number of rotatable bonds is 2. The molecular weight excluding hydrogens is 190 g/mol. The largest absolute Gasteiger partial charge is 0.265 e. The Kier molecular flexibility index (Phi) is 2.46. The number of aryl methyl sites for hydroxylation is 1. The minimum absolute atomic E-state index is 1.21. The molecule has 1 aromatic heterocycles. The summed E-state index contributed by atoms with van der Waals surface area (Å²) >= 11 is 1.80. The van der Waals surface area contributed by atoms with E-state index in [4.69, 9.17) is 0 Å². The van der Waals surface area contributed by atoms with Crippen LogP contribution < -0.4 is 0 Å². The molecule has 70 valence electrons. The fraction of sp³-hybridized carbons (Fsp3) is 0.0833. The van der Waals surface area contributed by atoms with Gasteiger partial charge < -0.3 is 0 Å². The van der Waals surface area contributed by atoms with Crippen molar-refractivity contribution in [1.82, 2.24) is 0 Å². The Hall–Kier alpha value is -1.41. The number of fused-ring (bicyclic) bond motifs is 1. The molecule has 0 fully saturated rings.